The van der Waals surface area contributed by atoms with E-state index in [1.165, 1.54) is 0 Å². The van der Waals surface area contributed by atoms with Gasteiger partial charge in [-0.25, -0.2) is 14.4 Å². The van der Waals surface area contributed by atoms with Gasteiger partial charge in [0.05, 0.1) is 36.0 Å². The summed E-state index contributed by atoms with van der Waals surface area (Å²) in [7, 11) is 1.56. The van der Waals surface area contributed by atoms with Crippen LogP contribution in [0.25, 0.3) is 22.2 Å². The fourth-order valence-corrected chi connectivity index (χ4v) is 4.46. The number of fused-ring (bicyclic) bond motifs is 1. The van der Waals surface area contributed by atoms with Crippen LogP contribution in [0, 0.1) is 18.7 Å². The zero-order chi connectivity index (χ0) is 26.4. The van der Waals surface area contributed by atoms with Crippen molar-refractivity contribution >= 4 is 16.7 Å². The highest BCUT2D eigenvalue weighted by Gasteiger charge is 2.17. The molecule has 0 amide bonds. The van der Waals surface area contributed by atoms with Crippen molar-refractivity contribution in [2.24, 2.45) is 5.92 Å². The Hall–Kier alpha value is -3.65. The Morgan fingerprint density at radius 2 is 1.92 bits per heavy atom. The van der Waals surface area contributed by atoms with Crippen molar-refractivity contribution in [1.29, 1.82) is 0 Å². The first-order valence-corrected chi connectivity index (χ1v) is 12.8. The van der Waals surface area contributed by atoms with Gasteiger partial charge < -0.3 is 24.7 Å². The SMILES string of the molecule is CCOc1cc(-c2cc(NCCn3c(C)c(F)c4c(OC)cccc43)ncn2)ccc1CNCC(C)C. The Morgan fingerprint density at radius 3 is 2.68 bits per heavy atom. The average Bonchev–Trinajstić information content (AvgIpc) is 3.14. The van der Waals surface area contributed by atoms with E-state index in [2.05, 4.69) is 46.6 Å². The topological polar surface area (TPSA) is 73.2 Å². The van der Waals surface area contributed by atoms with E-state index in [1.54, 1.807) is 26.4 Å². The Morgan fingerprint density at radius 1 is 1.08 bits per heavy atom. The molecule has 0 aliphatic carbocycles. The molecule has 0 bridgehead atoms. The summed E-state index contributed by atoms with van der Waals surface area (Å²) in [5.74, 6) is 2.45. The third-order valence-electron chi connectivity index (χ3n) is 6.30. The van der Waals surface area contributed by atoms with Crippen LogP contribution in [-0.4, -0.2) is 41.3 Å². The normalized spacial score (nSPS) is 11.3. The molecule has 196 valence electrons. The van der Waals surface area contributed by atoms with Crippen molar-refractivity contribution in [2.75, 3.05) is 32.1 Å². The average molecular weight is 506 g/mol. The fourth-order valence-electron chi connectivity index (χ4n) is 4.46. The number of benzene rings is 2. The second kappa shape index (κ2) is 12.1. The van der Waals surface area contributed by atoms with E-state index in [4.69, 9.17) is 9.47 Å². The number of rotatable bonds is 12. The molecule has 4 aromatic rings. The van der Waals surface area contributed by atoms with Crippen molar-refractivity contribution < 1.29 is 13.9 Å². The van der Waals surface area contributed by atoms with Gasteiger partial charge in [0.25, 0.3) is 0 Å². The predicted molar refractivity (Wildman–Crippen MR) is 147 cm³/mol. The molecule has 7 nitrogen and oxygen atoms in total. The molecule has 0 fully saturated rings. The lowest BCUT2D eigenvalue weighted by molar-refractivity contribution is 0.335. The van der Waals surface area contributed by atoms with Gasteiger partial charge in [0, 0.05) is 36.8 Å². The summed E-state index contributed by atoms with van der Waals surface area (Å²) in [5.41, 5.74) is 4.28. The molecule has 0 radical (unpaired) electrons. The monoisotopic (exact) mass is 505 g/mol. The van der Waals surface area contributed by atoms with Gasteiger partial charge in [-0.2, -0.15) is 0 Å². The number of nitrogens with one attached hydrogen (secondary N) is 2. The van der Waals surface area contributed by atoms with Crippen LogP contribution in [0.4, 0.5) is 10.2 Å². The van der Waals surface area contributed by atoms with Crippen LogP contribution >= 0.6 is 0 Å². The van der Waals surface area contributed by atoms with Gasteiger partial charge in [-0.3, -0.25) is 0 Å². The maximum atomic E-state index is 14.9. The molecule has 2 N–H and O–H groups in total. The van der Waals surface area contributed by atoms with Gasteiger partial charge in [0.2, 0.25) is 0 Å². The highest BCUT2D eigenvalue weighted by Crippen LogP contribution is 2.32. The third-order valence-corrected chi connectivity index (χ3v) is 6.30. The number of hydrogen-bond donors (Lipinski definition) is 2. The zero-order valence-corrected chi connectivity index (χ0v) is 22.3. The van der Waals surface area contributed by atoms with E-state index in [0.717, 1.165) is 41.2 Å². The van der Waals surface area contributed by atoms with E-state index < -0.39 is 0 Å². The first-order chi connectivity index (χ1) is 17.9. The van der Waals surface area contributed by atoms with E-state index in [1.807, 2.05) is 35.8 Å². The number of methoxy groups -OCH3 is 1. The van der Waals surface area contributed by atoms with Crippen LogP contribution in [0.2, 0.25) is 0 Å². The minimum absolute atomic E-state index is 0.246. The summed E-state index contributed by atoms with van der Waals surface area (Å²) < 4.78 is 28.2. The van der Waals surface area contributed by atoms with Gasteiger partial charge >= 0.3 is 0 Å². The fraction of sp³-hybridized carbons (Fsp3) is 0.379. The Labute approximate surface area is 218 Å². The molecule has 8 heteroatoms. The maximum absolute atomic E-state index is 14.9. The molecule has 0 aliphatic heterocycles. The molecule has 0 saturated carbocycles. The summed E-state index contributed by atoms with van der Waals surface area (Å²) in [4.78, 5) is 8.86. The molecule has 0 unspecified atom stereocenters. The molecule has 2 aromatic carbocycles. The van der Waals surface area contributed by atoms with Gasteiger partial charge in [0.1, 0.15) is 23.6 Å². The van der Waals surface area contributed by atoms with E-state index in [-0.39, 0.29) is 5.82 Å². The molecule has 0 saturated heterocycles. The van der Waals surface area contributed by atoms with Gasteiger partial charge in [0.15, 0.2) is 5.82 Å². The standard InChI is InChI=1S/C29H36FN5O2/c1-6-37-26-14-21(10-11-22(26)17-31-16-19(2)3)23-15-27(34-18-33-23)32-12-13-35-20(4)29(30)28-24(35)8-7-9-25(28)36-5/h7-11,14-15,18-19,31H,6,12-13,16-17H2,1-5H3,(H,32,33,34). The second-order valence-corrected chi connectivity index (χ2v) is 9.40. The number of ether oxygens (including phenoxy) is 2. The molecule has 2 aromatic heterocycles. The smallest absolute Gasteiger partial charge is 0.155 e. The molecular formula is C29H36FN5O2. The largest absolute Gasteiger partial charge is 0.496 e. The first kappa shape index (κ1) is 26.4. The molecule has 37 heavy (non-hydrogen) atoms. The quantitative estimate of drug-likeness (QED) is 0.253. The Balaban J connectivity index is 1.48. The second-order valence-electron chi connectivity index (χ2n) is 9.40. The van der Waals surface area contributed by atoms with E-state index >= 15 is 0 Å². The summed E-state index contributed by atoms with van der Waals surface area (Å²) in [6, 6.07) is 13.7. The highest BCUT2D eigenvalue weighted by molar-refractivity contribution is 5.88. The van der Waals surface area contributed by atoms with Gasteiger partial charge in [-0.1, -0.05) is 32.0 Å². The summed E-state index contributed by atoms with van der Waals surface area (Å²) >= 11 is 0. The molecule has 4 rings (SSSR count). The van der Waals surface area contributed by atoms with Crippen LogP contribution in [0.3, 0.4) is 0 Å². The zero-order valence-electron chi connectivity index (χ0n) is 22.3. The van der Waals surface area contributed by atoms with Crippen LogP contribution in [0.15, 0.2) is 48.8 Å². The lowest BCUT2D eigenvalue weighted by Gasteiger charge is -2.14. The Bertz CT molecular complexity index is 1350. The Kier molecular flexibility index (Phi) is 8.61. The van der Waals surface area contributed by atoms with Crippen molar-refractivity contribution in [3.63, 3.8) is 0 Å². The molecule has 0 spiro atoms. The molecule has 0 atom stereocenters. The van der Waals surface area contributed by atoms with Crippen LogP contribution in [-0.2, 0) is 13.1 Å². The lowest BCUT2D eigenvalue weighted by atomic mass is 10.1. The van der Waals surface area contributed by atoms with E-state index in [0.29, 0.717) is 48.3 Å². The minimum atomic E-state index is -0.246. The number of halogens is 1. The third kappa shape index (κ3) is 6.02. The number of anilines is 1. The molecule has 0 aliphatic rings. The van der Waals surface area contributed by atoms with Crippen molar-refractivity contribution in [3.05, 3.63) is 65.9 Å². The highest BCUT2D eigenvalue weighted by atomic mass is 19.1. The van der Waals surface area contributed by atoms with Gasteiger partial charge in [-0.05, 0) is 44.5 Å². The summed E-state index contributed by atoms with van der Waals surface area (Å²) in [5, 5.41) is 7.35. The van der Waals surface area contributed by atoms with Crippen molar-refractivity contribution in [3.8, 4) is 22.8 Å². The van der Waals surface area contributed by atoms with Gasteiger partial charge in [-0.15, -0.1) is 0 Å². The molecular weight excluding hydrogens is 469 g/mol. The molecule has 2 heterocycles. The van der Waals surface area contributed by atoms with Crippen LogP contribution in [0.1, 0.15) is 32.0 Å². The van der Waals surface area contributed by atoms with Crippen LogP contribution in [0.5, 0.6) is 11.5 Å². The first-order valence-electron chi connectivity index (χ1n) is 12.8. The summed E-state index contributed by atoms with van der Waals surface area (Å²) in [6.45, 7) is 11.6. The predicted octanol–water partition coefficient (Wildman–Crippen LogP) is 5.81. The van der Waals surface area contributed by atoms with E-state index in [9.17, 15) is 4.39 Å². The minimum Gasteiger partial charge on any atom is -0.496 e. The number of aromatic nitrogens is 3. The maximum Gasteiger partial charge on any atom is 0.155 e. The van der Waals surface area contributed by atoms with Crippen molar-refractivity contribution in [2.45, 2.75) is 40.8 Å². The lowest BCUT2D eigenvalue weighted by Crippen LogP contribution is -2.19. The number of nitrogens with zero attached hydrogens (tertiary/aromatic N) is 3. The summed E-state index contributed by atoms with van der Waals surface area (Å²) in [6.07, 6.45) is 1.55. The van der Waals surface area contributed by atoms with Crippen LogP contribution < -0.4 is 20.1 Å². The van der Waals surface area contributed by atoms with Crippen molar-refractivity contribution in [1.82, 2.24) is 19.9 Å². The number of hydrogen-bond acceptors (Lipinski definition) is 6.